The Labute approximate surface area is 223 Å². The Kier molecular flexibility index (Phi) is 9.82. The van der Waals surface area contributed by atoms with E-state index in [9.17, 15) is 4.39 Å². The summed E-state index contributed by atoms with van der Waals surface area (Å²) < 4.78 is 19.0. The molecule has 0 amide bonds. The fraction of sp³-hybridized carbons (Fsp3) is 0.462. The van der Waals surface area contributed by atoms with Crippen molar-refractivity contribution in [3.63, 3.8) is 0 Å². The third kappa shape index (κ3) is 6.60. The monoisotopic (exact) mass is 534 g/mol. The van der Waals surface area contributed by atoms with Gasteiger partial charge in [-0.1, -0.05) is 0 Å². The van der Waals surface area contributed by atoms with Crippen molar-refractivity contribution in [1.82, 2.24) is 19.9 Å². The van der Waals surface area contributed by atoms with Crippen LogP contribution >= 0.6 is 24.8 Å². The molecule has 2 aromatic heterocycles. The molecule has 5 rings (SSSR count). The van der Waals surface area contributed by atoms with Gasteiger partial charge in [-0.3, -0.25) is 0 Å². The minimum Gasteiger partial charge on any atom is -0.381 e. The fourth-order valence-corrected chi connectivity index (χ4v) is 4.80. The zero-order valence-electron chi connectivity index (χ0n) is 20.6. The lowest BCUT2D eigenvalue weighted by molar-refractivity contribution is 0.0681. The third-order valence-electron chi connectivity index (χ3n) is 6.75. The second kappa shape index (κ2) is 12.6. The number of hydrogen-bond acceptors (Lipinski definition) is 7. The van der Waals surface area contributed by atoms with E-state index >= 15 is 0 Å². The van der Waals surface area contributed by atoms with Crippen molar-refractivity contribution < 1.29 is 9.13 Å². The minimum absolute atomic E-state index is 0. The Bertz CT molecular complexity index is 1200. The fourth-order valence-electron chi connectivity index (χ4n) is 4.80. The number of benzene rings is 1. The van der Waals surface area contributed by atoms with Gasteiger partial charge >= 0.3 is 0 Å². The number of hydrogen-bond donors (Lipinski definition) is 1. The minimum atomic E-state index is -0.313. The van der Waals surface area contributed by atoms with Crippen molar-refractivity contribution in [2.24, 2.45) is 0 Å². The van der Waals surface area contributed by atoms with Gasteiger partial charge in [-0.25, -0.2) is 24.3 Å². The summed E-state index contributed by atoms with van der Waals surface area (Å²) in [6.07, 6.45) is 10.8. The molecule has 0 bridgehead atoms. The summed E-state index contributed by atoms with van der Waals surface area (Å²) in [6, 6.07) is 6.92. The maximum Gasteiger partial charge on any atom is 0.156 e. The number of halogens is 3. The Morgan fingerprint density at radius 2 is 1.69 bits per heavy atom. The summed E-state index contributed by atoms with van der Waals surface area (Å²) in [4.78, 5) is 21.1. The SMILES string of the molecule is COC1CCC(Nc2cc(N3CCCC3)nc(C=Cc3nc4ccc(F)cc4nc3C)n2)CC1.Cl.Cl. The van der Waals surface area contributed by atoms with Crippen LogP contribution in [0.1, 0.15) is 55.7 Å². The molecule has 2 fully saturated rings. The molecule has 36 heavy (non-hydrogen) atoms. The van der Waals surface area contributed by atoms with Crippen LogP contribution in [-0.2, 0) is 4.74 Å². The van der Waals surface area contributed by atoms with E-state index in [0.29, 0.717) is 29.0 Å². The highest BCUT2D eigenvalue weighted by Crippen LogP contribution is 2.26. The molecule has 3 aromatic rings. The van der Waals surface area contributed by atoms with Gasteiger partial charge in [0.25, 0.3) is 0 Å². The van der Waals surface area contributed by atoms with Crippen molar-refractivity contribution in [3.8, 4) is 0 Å². The summed E-state index contributed by atoms with van der Waals surface area (Å²) in [5, 5.41) is 3.64. The van der Waals surface area contributed by atoms with Crippen LogP contribution < -0.4 is 10.2 Å². The Hall–Kier alpha value is -2.55. The Morgan fingerprint density at radius 3 is 2.42 bits per heavy atom. The number of aromatic nitrogens is 4. The first-order chi connectivity index (χ1) is 16.6. The molecule has 1 saturated carbocycles. The zero-order chi connectivity index (χ0) is 23.5. The van der Waals surface area contributed by atoms with E-state index < -0.39 is 0 Å². The topological polar surface area (TPSA) is 76.1 Å². The van der Waals surface area contributed by atoms with Gasteiger partial charge < -0.3 is 15.0 Å². The van der Waals surface area contributed by atoms with Crippen LogP contribution in [0.3, 0.4) is 0 Å². The highest BCUT2D eigenvalue weighted by atomic mass is 35.5. The van der Waals surface area contributed by atoms with Crippen molar-refractivity contribution >= 4 is 59.6 Å². The number of anilines is 2. The van der Waals surface area contributed by atoms with Crippen molar-refractivity contribution in [3.05, 3.63) is 47.3 Å². The molecular weight excluding hydrogens is 502 g/mol. The molecule has 194 valence electrons. The Balaban J connectivity index is 0.00000180. The number of fused-ring (bicyclic) bond motifs is 1. The number of rotatable bonds is 6. The first-order valence-corrected chi connectivity index (χ1v) is 12.1. The molecule has 2 aliphatic rings. The van der Waals surface area contributed by atoms with E-state index in [1.54, 1.807) is 13.2 Å². The van der Waals surface area contributed by atoms with E-state index in [1.165, 1.54) is 25.0 Å². The van der Waals surface area contributed by atoms with Gasteiger partial charge in [0.1, 0.15) is 17.5 Å². The van der Waals surface area contributed by atoms with Crippen LogP contribution in [0, 0.1) is 12.7 Å². The predicted octanol–water partition coefficient (Wildman–Crippen LogP) is 5.85. The third-order valence-corrected chi connectivity index (χ3v) is 6.75. The molecule has 1 saturated heterocycles. The maximum absolute atomic E-state index is 13.5. The van der Waals surface area contributed by atoms with Gasteiger partial charge in [0, 0.05) is 38.4 Å². The quantitative estimate of drug-likeness (QED) is 0.424. The lowest BCUT2D eigenvalue weighted by atomic mass is 9.93. The molecule has 1 N–H and O–H groups in total. The number of nitrogens with one attached hydrogen (secondary N) is 1. The molecule has 0 radical (unpaired) electrons. The van der Waals surface area contributed by atoms with Crippen LogP contribution in [0.25, 0.3) is 23.2 Å². The standard InChI is InChI=1S/C26H31FN6O.2ClH/c1-17-21(30-22-10-5-18(27)15-23(22)28-17)11-12-24-31-25(16-26(32-24)33-13-3-4-14-33)29-19-6-8-20(34-2)9-7-19;;/h5,10-12,15-16,19-20H,3-4,6-9,13-14H2,1-2H3,(H,29,31,32);2*1H. The molecule has 3 heterocycles. The van der Waals surface area contributed by atoms with E-state index in [0.717, 1.165) is 61.8 Å². The predicted molar refractivity (Wildman–Crippen MR) is 148 cm³/mol. The summed E-state index contributed by atoms with van der Waals surface area (Å²) >= 11 is 0. The lowest BCUT2D eigenvalue weighted by Gasteiger charge is -2.29. The van der Waals surface area contributed by atoms with E-state index in [1.807, 2.05) is 19.1 Å². The van der Waals surface area contributed by atoms with Crippen molar-refractivity contribution in [1.29, 1.82) is 0 Å². The van der Waals surface area contributed by atoms with Gasteiger partial charge in [-0.15, -0.1) is 24.8 Å². The summed E-state index contributed by atoms with van der Waals surface area (Å²) in [7, 11) is 1.80. The molecule has 0 unspecified atom stereocenters. The average molecular weight is 535 g/mol. The van der Waals surface area contributed by atoms with Gasteiger partial charge in [-0.05, 0) is 69.7 Å². The first kappa shape index (κ1) is 28.0. The van der Waals surface area contributed by atoms with Crippen LogP contribution in [0.15, 0.2) is 24.3 Å². The molecule has 1 aliphatic carbocycles. The van der Waals surface area contributed by atoms with Gasteiger partial charge in [0.05, 0.1) is 28.5 Å². The normalized spacial score (nSPS) is 19.8. The molecular formula is C26H33Cl2FN6O. The highest BCUT2D eigenvalue weighted by Gasteiger charge is 2.22. The number of methoxy groups -OCH3 is 1. The highest BCUT2D eigenvalue weighted by molar-refractivity contribution is 5.85. The van der Waals surface area contributed by atoms with Crippen LogP contribution in [0.2, 0.25) is 0 Å². The molecule has 1 aliphatic heterocycles. The molecule has 10 heteroatoms. The molecule has 0 spiro atoms. The number of nitrogens with zero attached hydrogens (tertiary/aromatic N) is 5. The Morgan fingerprint density at radius 1 is 0.944 bits per heavy atom. The van der Waals surface area contributed by atoms with Crippen molar-refractivity contribution in [2.45, 2.75) is 57.6 Å². The smallest absolute Gasteiger partial charge is 0.156 e. The molecule has 0 atom stereocenters. The second-order valence-electron chi connectivity index (χ2n) is 9.18. The lowest BCUT2D eigenvalue weighted by Crippen LogP contribution is -2.30. The average Bonchev–Trinajstić information content (AvgIpc) is 3.38. The summed E-state index contributed by atoms with van der Waals surface area (Å²) in [5.41, 5.74) is 2.67. The summed E-state index contributed by atoms with van der Waals surface area (Å²) in [5.74, 6) is 2.14. The van der Waals surface area contributed by atoms with Crippen LogP contribution in [0.5, 0.6) is 0 Å². The van der Waals surface area contributed by atoms with Crippen LogP contribution in [-0.4, -0.2) is 52.3 Å². The number of ether oxygens (including phenoxy) is 1. The van der Waals surface area contributed by atoms with E-state index in [4.69, 9.17) is 14.7 Å². The summed E-state index contributed by atoms with van der Waals surface area (Å²) in [6.45, 7) is 3.91. The van der Waals surface area contributed by atoms with E-state index in [-0.39, 0.29) is 30.6 Å². The van der Waals surface area contributed by atoms with Gasteiger partial charge in [0.2, 0.25) is 0 Å². The number of aryl methyl sites for hydroxylation is 1. The maximum atomic E-state index is 13.5. The van der Waals surface area contributed by atoms with Gasteiger partial charge in [0.15, 0.2) is 5.82 Å². The molecule has 7 nitrogen and oxygen atoms in total. The zero-order valence-corrected chi connectivity index (χ0v) is 22.2. The second-order valence-corrected chi connectivity index (χ2v) is 9.18. The van der Waals surface area contributed by atoms with Crippen LogP contribution in [0.4, 0.5) is 16.0 Å². The first-order valence-electron chi connectivity index (χ1n) is 12.1. The molecule has 1 aromatic carbocycles. The van der Waals surface area contributed by atoms with Gasteiger partial charge in [-0.2, -0.15) is 0 Å². The largest absolute Gasteiger partial charge is 0.381 e. The van der Waals surface area contributed by atoms with Crippen molar-refractivity contribution in [2.75, 3.05) is 30.4 Å². The van der Waals surface area contributed by atoms with E-state index in [2.05, 4.69) is 26.3 Å².